The highest BCUT2D eigenvalue weighted by molar-refractivity contribution is 8.28. The fraction of sp³-hybridized carbons (Fsp3) is 0. The molecule has 9 rings (SSSR count). The molecule has 3 aliphatic heterocycles. The summed E-state index contributed by atoms with van der Waals surface area (Å²) in [6.07, 6.45) is 0. The van der Waals surface area contributed by atoms with Gasteiger partial charge in [-0.1, -0.05) is 77.9 Å². The van der Waals surface area contributed by atoms with Crippen LogP contribution in [-0.2, 0) is 35.4 Å². The Bertz CT molecular complexity index is 2830. The molecule has 3 unspecified atom stereocenters. The fourth-order valence-electron chi connectivity index (χ4n) is 7.98. The number of rotatable bonds is 3. The fourth-order valence-corrected chi connectivity index (χ4v) is 21.1. The maximum atomic E-state index is 10.6. The van der Waals surface area contributed by atoms with Gasteiger partial charge in [-0.2, -0.15) is 21.0 Å². The Morgan fingerprint density at radius 3 is 1.15 bits per heavy atom. The van der Waals surface area contributed by atoms with Gasteiger partial charge in [0.2, 0.25) is 0 Å². The normalized spacial score (nSPS) is 20.3. The molecule has 7 nitrogen and oxygen atoms in total. The van der Waals surface area contributed by atoms with E-state index in [0.29, 0.717) is 81.4 Å². The summed E-state index contributed by atoms with van der Waals surface area (Å²) in [7, 11) is 0. The highest BCUT2D eigenvalue weighted by Crippen LogP contribution is 2.66. The van der Waals surface area contributed by atoms with E-state index in [9.17, 15) is 21.0 Å². The molecule has 0 saturated heterocycles. The van der Waals surface area contributed by atoms with Gasteiger partial charge in [-0.05, 0) is 82.6 Å². The molecule has 3 atom stereocenters. The van der Waals surface area contributed by atoms with Gasteiger partial charge in [0.15, 0.2) is 11.4 Å². The first-order chi connectivity index (χ1) is 26.6. The number of nitriles is 4. The summed E-state index contributed by atoms with van der Waals surface area (Å²) in [5.41, 5.74) is 4.44. The zero-order valence-electron chi connectivity index (χ0n) is 28.1. The predicted molar refractivity (Wildman–Crippen MR) is 231 cm³/mol. The van der Waals surface area contributed by atoms with Crippen LogP contribution in [0.25, 0.3) is 9.69 Å². The molecular formula is C42H18N7P3S3. The SMILES string of the molecule is [C-]#[N+]c1cccc(P2(=S)c3cc(C#N)cc4c3N3c5c(cc(C#N)cc5P(=S)(c5cccc(C#N)c5)c5cc([N+]#[C-])cc2c53)P4(=S)c2cccc(C#N)c2)c1. The summed E-state index contributed by atoms with van der Waals surface area (Å²) >= 11 is 21.0. The number of nitrogens with zero attached hydrogens (tertiary/aromatic N) is 7. The third-order valence-corrected chi connectivity index (χ3v) is 24.9. The van der Waals surface area contributed by atoms with Crippen molar-refractivity contribution in [3.05, 3.63) is 154 Å². The van der Waals surface area contributed by atoms with Crippen molar-refractivity contribution in [2.75, 3.05) is 4.90 Å². The first-order valence-corrected chi connectivity index (χ1v) is 24.9. The third-order valence-electron chi connectivity index (χ3n) is 10.3. The summed E-state index contributed by atoms with van der Waals surface area (Å²) < 4.78 is 0. The molecule has 0 aromatic heterocycles. The molecule has 6 aromatic carbocycles. The average Bonchev–Trinajstić information content (AvgIpc) is 3.24. The van der Waals surface area contributed by atoms with Gasteiger partial charge in [-0.25, -0.2) is 9.69 Å². The minimum atomic E-state index is -3.23. The van der Waals surface area contributed by atoms with Gasteiger partial charge in [-0.3, -0.25) is 0 Å². The summed E-state index contributed by atoms with van der Waals surface area (Å²) in [4.78, 5) is 9.83. The lowest BCUT2D eigenvalue weighted by molar-refractivity contribution is 1.32. The number of anilines is 3. The molecular weight excluding hydrogens is 792 g/mol. The summed E-state index contributed by atoms with van der Waals surface area (Å²) in [6, 6.07) is 32.2. The van der Waals surface area contributed by atoms with Gasteiger partial charge in [0.1, 0.15) is 0 Å². The first kappa shape index (κ1) is 34.8. The molecule has 0 aliphatic carbocycles. The van der Waals surface area contributed by atoms with Crippen molar-refractivity contribution in [3.8, 4) is 24.3 Å². The van der Waals surface area contributed by atoms with Gasteiger partial charge in [0, 0.05) is 49.9 Å². The van der Waals surface area contributed by atoms with E-state index in [4.69, 9.17) is 48.6 Å². The number of benzene rings is 6. The van der Waals surface area contributed by atoms with E-state index in [1.165, 1.54) is 0 Å². The molecule has 0 fully saturated rings. The van der Waals surface area contributed by atoms with Gasteiger partial charge < -0.3 is 4.90 Å². The molecule has 0 radical (unpaired) electrons. The van der Waals surface area contributed by atoms with E-state index in [2.05, 4.69) is 38.9 Å². The predicted octanol–water partition coefficient (Wildman–Crippen LogP) is 5.95. The van der Waals surface area contributed by atoms with Gasteiger partial charge in [0.25, 0.3) is 0 Å². The quantitative estimate of drug-likeness (QED) is 0.159. The van der Waals surface area contributed by atoms with Crippen molar-refractivity contribution in [1.29, 1.82) is 21.0 Å². The van der Waals surface area contributed by atoms with Crippen LogP contribution in [0, 0.1) is 58.5 Å². The molecule has 0 N–H and O–H groups in total. The lowest BCUT2D eigenvalue weighted by Gasteiger charge is -2.52. The highest BCUT2D eigenvalue weighted by atomic mass is 32.4. The molecule has 3 aliphatic rings. The van der Waals surface area contributed by atoms with Crippen molar-refractivity contribution >= 4 is 130 Å². The van der Waals surface area contributed by atoms with Crippen LogP contribution in [0.1, 0.15) is 22.3 Å². The minimum Gasteiger partial charge on any atom is -0.306 e. The Labute approximate surface area is 332 Å². The lowest BCUT2D eigenvalue weighted by Crippen LogP contribution is -2.52. The molecule has 3 heterocycles. The molecule has 0 bridgehead atoms. The maximum Gasteiger partial charge on any atom is 0.188 e. The molecule has 254 valence electrons. The zero-order valence-corrected chi connectivity index (χ0v) is 33.2. The average molecular weight is 810 g/mol. The summed E-state index contributed by atoms with van der Waals surface area (Å²) in [5.74, 6) is 0. The number of hydrogen-bond donors (Lipinski definition) is 0. The van der Waals surface area contributed by atoms with E-state index in [1.54, 1.807) is 54.6 Å². The third kappa shape index (κ3) is 4.52. The summed E-state index contributed by atoms with van der Waals surface area (Å²) in [6.45, 7) is 16.2. The Balaban J connectivity index is 1.59. The standard InChI is InChI=1S/C42H18N7P3S3/c1-47-29-8-5-11-33(18-29)52(55)37-17-28(24-46)15-35-41(37)49-40-34(50(35,53)31-9-3-6-25(12-31)21-43)14-27(23-45)16-36(40)51(54,32-10-4-7-26(13-32)22-44)38-19-30(48-2)20-39(52)42(38)49/h3-20H. The second-order valence-electron chi connectivity index (χ2n) is 13.0. The molecule has 6 aromatic rings. The maximum absolute atomic E-state index is 10.6. The van der Waals surface area contributed by atoms with Crippen LogP contribution >= 0.6 is 18.1 Å². The second-order valence-corrected chi connectivity index (χ2v) is 26.0. The molecule has 0 spiro atoms. The lowest BCUT2D eigenvalue weighted by atomic mass is 10.1. The first-order valence-electron chi connectivity index (χ1n) is 16.4. The van der Waals surface area contributed by atoms with Crippen LogP contribution in [0.5, 0.6) is 0 Å². The Kier molecular flexibility index (Phi) is 7.75. The topological polar surface area (TPSA) is 107 Å². The van der Waals surface area contributed by atoms with E-state index in [1.807, 2.05) is 54.6 Å². The molecule has 0 saturated carbocycles. The Hall–Kier alpha value is -5.99. The second kappa shape index (κ2) is 12.3. The Morgan fingerprint density at radius 2 is 0.782 bits per heavy atom. The van der Waals surface area contributed by atoms with E-state index in [-0.39, 0.29) is 0 Å². The van der Waals surface area contributed by atoms with Gasteiger partial charge in [0.05, 0.1) is 76.7 Å². The van der Waals surface area contributed by atoms with Crippen molar-refractivity contribution in [2.24, 2.45) is 0 Å². The minimum absolute atomic E-state index is 0.325. The van der Waals surface area contributed by atoms with E-state index in [0.717, 1.165) is 17.1 Å². The van der Waals surface area contributed by atoms with E-state index >= 15 is 0 Å². The summed E-state index contributed by atoms with van der Waals surface area (Å²) in [5, 5.41) is 47.7. The van der Waals surface area contributed by atoms with Crippen LogP contribution < -0.4 is 52.6 Å². The van der Waals surface area contributed by atoms with Crippen LogP contribution in [0.3, 0.4) is 0 Å². The molecule has 55 heavy (non-hydrogen) atoms. The van der Waals surface area contributed by atoms with Crippen LogP contribution in [0.15, 0.2) is 109 Å². The van der Waals surface area contributed by atoms with Gasteiger partial charge in [-0.15, -0.1) is 0 Å². The van der Waals surface area contributed by atoms with Crippen molar-refractivity contribution in [1.82, 2.24) is 0 Å². The monoisotopic (exact) mass is 809 g/mol. The van der Waals surface area contributed by atoms with Crippen molar-refractivity contribution < 1.29 is 0 Å². The largest absolute Gasteiger partial charge is 0.306 e. The smallest absolute Gasteiger partial charge is 0.188 e. The van der Waals surface area contributed by atoms with Crippen molar-refractivity contribution in [2.45, 2.75) is 0 Å². The van der Waals surface area contributed by atoms with Crippen molar-refractivity contribution in [3.63, 3.8) is 0 Å². The Morgan fingerprint density at radius 1 is 0.436 bits per heavy atom. The van der Waals surface area contributed by atoms with E-state index < -0.39 is 18.1 Å². The van der Waals surface area contributed by atoms with Crippen LogP contribution in [0.4, 0.5) is 28.4 Å². The molecule has 13 heteroatoms. The van der Waals surface area contributed by atoms with Gasteiger partial charge >= 0.3 is 0 Å². The number of hydrogen-bond acceptors (Lipinski definition) is 8. The highest BCUT2D eigenvalue weighted by Gasteiger charge is 2.53. The molecule has 0 amide bonds. The van der Waals surface area contributed by atoms with Crippen LogP contribution in [0.2, 0.25) is 0 Å². The van der Waals surface area contributed by atoms with Crippen LogP contribution in [-0.4, -0.2) is 0 Å². The zero-order chi connectivity index (χ0) is 38.4.